The lowest BCUT2D eigenvalue weighted by molar-refractivity contribution is -0.131. The monoisotopic (exact) mass is 344 g/mol. The zero-order valence-corrected chi connectivity index (χ0v) is 14.7. The van der Waals surface area contributed by atoms with Gasteiger partial charge in [-0.2, -0.15) is 0 Å². The molecule has 7 nitrogen and oxygen atoms in total. The van der Waals surface area contributed by atoms with E-state index in [2.05, 4.69) is 28.4 Å². The summed E-state index contributed by atoms with van der Waals surface area (Å²) in [5, 5.41) is 2.87. The van der Waals surface area contributed by atoms with Crippen molar-refractivity contribution < 1.29 is 14.4 Å². The van der Waals surface area contributed by atoms with Gasteiger partial charge in [-0.1, -0.05) is 18.2 Å². The molecule has 0 aromatic heterocycles. The molecule has 1 N–H and O–H groups in total. The third kappa shape index (κ3) is 3.45. The lowest BCUT2D eigenvalue weighted by Crippen LogP contribution is -2.41. The summed E-state index contributed by atoms with van der Waals surface area (Å²) in [6, 6.07) is 7.28. The Labute approximate surface area is 147 Å². The van der Waals surface area contributed by atoms with Gasteiger partial charge in [-0.15, -0.1) is 0 Å². The summed E-state index contributed by atoms with van der Waals surface area (Å²) in [5.74, 6) is -0.536. The molecular formula is C18H24N4O3. The fourth-order valence-corrected chi connectivity index (χ4v) is 3.50. The van der Waals surface area contributed by atoms with Crippen molar-refractivity contribution >= 4 is 23.5 Å². The van der Waals surface area contributed by atoms with Gasteiger partial charge in [0.15, 0.2) is 0 Å². The topological polar surface area (TPSA) is 73.0 Å². The molecule has 0 bridgehead atoms. The van der Waals surface area contributed by atoms with Crippen molar-refractivity contribution in [3.05, 3.63) is 29.8 Å². The molecule has 1 fully saturated rings. The minimum absolute atomic E-state index is 0.00198. The first-order chi connectivity index (χ1) is 12.0. The van der Waals surface area contributed by atoms with Gasteiger partial charge in [-0.3, -0.25) is 14.5 Å². The number of hydrogen-bond donors (Lipinski definition) is 1. The van der Waals surface area contributed by atoms with E-state index in [-0.39, 0.29) is 24.3 Å². The number of nitrogens with zero attached hydrogens (tertiary/aromatic N) is 3. The summed E-state index contributed by atoms with van der Waals surface area (Å²) in [6.07, 6.45) is 2.21. The molecule has 134 valence electrons. The highest BCUT2D eigenvalue weighted by molar-refractivity contribution is 6.05. The van der Waals surface area contributed by atoms with Crippen molar-refractivity contribution in [3.8, 4) is 0 Å². The second kappa shape index (κ2) is 7.13. The molecule has 2 heterocycles. The molecule has 0 radical (unpaired) electrons. The van der Waals surface area contributed by atoms with E-state index in [0.29, 0.717) is 6.54 Å². The van der Waals surface area contributed by atoms with Crippen LogP contribution in [-0.4, -0.2) is 67.4 Å². The average molecular weight is 344 g/mol. The first-order valence-electron chi connectivity index (χ1n) is 8.63. The number of hydrogen-bond acceptors (Lipinski definition) is 4. The first kappa shape index (κ1) is 17.3. The number of rotatable bonds is 5. The molecule has 0 saturated carbocycles. The Morgan fingerprint density at radius 1 is 1.24 bits per heavy atom. The third-order valence-electron chi connectivity index (χ3n) is 4.96. The SMILES string of the molecule is CN1C(=O)[C@@H](CC(=O)NCCN2CCCc3ccccc32)N(C)C1=O. The lowest BCUT2D eigenvalue weighted by atomic mass is 10.0. The largest absolute Gasteiger partial charge is 0.370 e. The maximum atomic E-state index is 12.2. The van der Waals surface area contributed by atoms with Crippen LogP contribution in [0.3, 0.4) is 0 Å². The number of imide groups is 1. The number of urea groups is 1. The minimum atomic E-state index is -0.701. The first-order valence-corrected chi connectivity index (χ1v) is 8.63. The Bertz CT molecular complexity index is 691. The molecule has 7 heteroatoms. The van der Waals surface area contributed by atoms with Crippen molar-refractivity contribution in [2.45, 2.75) is 25.3 Å². The van der Waals surface area contributed by atoms with Crippen LogP contribution in [0.2, 0.25) is 0 Å². The second-order valence-electron chi connectivity index (χ2n) is 6.58. The van der Waals surface area contributed by atoms with Gasteiger partial charge >= 0.3 is 6.03 Å². The Morgan fingerprint density at radius 2 is 2.00 bits per heavy atom. The summed E-state index contributed by atoms with van der Waals surface area (Å²) in [6.45, 7) is 2.23. The molecule has 4 amide bonds. The van der Waals surface area contributed by atoms with Crippen molar-refractivity contribution in [1.82, 2.24) is 15.1 Å². The predicted octanol–water partition coefficient (Wildman–Crippen LogP) is 0.838. The quantitative estimate of drug-likeness (QED) is 0.804. The fourth-order valence-electron chi connectivity index (χ4n) is 3.50. The summed E-state index contributed by atoms with van der Waals surface area (Å²) >= 11 is 0. The van der Waals surface area contributed by atoms with Crippen molar-refractivity contribution in [2.75, 3.05) is 38.6 Å². The van der Waals surface area contributed by atoms with E-state index in [1.807, 2.05) is 6.07 Å². The van der Waals surface area contributed by atoms with Gasteiger partial charge in [-0.05, 0) is 24.5 Å². The number of para-hydroxylation sites is 1. The number of benzene rings is 1. The molecule has 2 aliphatic rings. The van der Waals surface area contributed by atoms with Gasteiger partial charge in [-0.25, -0.2) is 4.79 Å². The van der Waals surface area contributed by atoms with E-state index >= 15 is 0 Å². The molecule has 1 saturated heterocycles. The summed E-state index contributed by atoms with van der Waals surface area (Å²) in [7, 11) is 2.99. The van der Waals surface area contributed by atoms with Crippen LogP contribution >= 0.6 is 0 Å². The maximum absolute atomic E-state index is 12.2. The number of amides is 4. The number of carbonyl (C=O) groups is 3. The Hall–Kier alpha value is -2.57. The minimum Gasteiger partial charge on any atom is -0.370 e. The number of carbonyl (C=O) groups excluding carboxylic acids is 3. The average Bonchev–Trinajstić information content (AvgIpc) is 2.80. The highest BCUT2D eigenvalue weighted by Gasteiger charge is 2.41. The van der Waals surface area contributed by atoms with Crippen LogP contribution in [0.25, 0.3) is 0 Å². The molecule has 25 heavy (non-hydrogen) atoms. The van der Waals surface area contributed by atoms with Gasteiger partial charge in [0.05, 0.1) is 6.42 Å². The van der Waals surface area contributed by atoms with Gasteiger partial charge < -0.3 is 15.1 Å². The number of nitrogens with one attached hydrogen (secondary N) is 1. The Kier molecular flexibility index (Phi) is 4.92. The molecule has 3 rings (SSSR count). The third-order valence-corrected chi connectivity index (χ3v) is 4.96. The Balaban J connectivity index is 1.49. The molecule has 1 aromatic rings. The van der Waals surface area contributed by atoms with Crippen LogP contribution in [0.4, 0.5) is 10.5 Å². The van der Waals surface area contributed by atoms with E-state index in [1.54, 1.807) is 7.05 Å². The van der Waals surface area contributed by atoms with E-state index in [4.69, 9.17) is 0 Å². The van der Waals surface area contributed by atoms with Crippen LogP contribution in [0, 0.1) is 0 Å². The van der Waals surface area contributed by atoms with E-state index in [0.717, 1.165) is 30.8 Å². The van der Waals surface area contributed by atoms with E-state index in [9.17, 15) is 14.4 Å². The molecule has 1 aromatic carbocycles. The van der Waals surface area contributed by atoms with E-state index in [1.165, 1.54) is 23.2 Å². The van der Waals surface area contributed by atoms with Crippen LogP contribution in [-0.2, 0) is 16.0 Å². The molecule has 0 spiro atoms. The highest BCUT2D eigenvalue weighted by atomic mass is 16.2. The number of fused-ring (bicyclic) bond motifs is 1. The standard InChI is InChI=1S/C18H24N4O3/c1-20-15(17(24)21(2)18(20)25)12-16(23)19-9-11-22-10-5-7-13-6-3-4-8-14(13)22/h3-4,6,8,15H,5,7,9-12H2,1-2H3,(H,19,23)/t15-/m1/s1. The zero-order valence-electron chi connectivity index (χ0n) is 14.7. The normalized spacial score (nSPS) is 20.1. The summed E-state index contributed by atoms with van der Waals surface area (Å²) in [5.41, 5.74) is 2.58. The molecule has 0 aliphatic carbocycles. The van der Waals surface area contributed by atoms with Gasteiger partial charge in [0.1, 0.15) is 6.04 Å². The molecule has 1 atom stereocenters. The highest BCUT2D eigenvalue weighted by Crippen LogP contribution is 2.26. The number of likely N-dealkylation sites (N-methyl/N-ethyl adjacent to an activating group) is 2. The van der Waals surface area contributed by atoms with Gasteiger partial charge in [0.2, 0.25) is 5.91 Å². The van der Waals surface area contributed by atoms with Gasteiger partial charge in [0, 0.05) is 39.4 Å². The van der Waals surface area contributed by atoms with Crippen LogP contribution < -0.4 is 10.2 Å². The second-order valence-corrected chi connectivity index (χ2v) is 6.58. The van der Waals surface area contributed by atoms with Crippen LogP contribution in [0.1, 0.15) is 18.4 Å². The molecular weight excluding hydrogens is 320 g/mol. The van der Waals surface area contributed by atoms with E-state index < -0.39 is 6.04 Å². The van der Waals surface area contributed by atoms with Crippen molar-refractivity contribution in [1.29, 1.82) is 0 Å². The molecule has 2 aliphatic heterocycles. The maximum Gasteiger partial charge on any atom is 0.326 e. The lowest BCUT2D eigenvalue weighted by Gasteiger charge is -2.31. The fraction of sp³-hybridized carbons (Fsp3) is 0.500. The van der Waals surface area contributed by atoms with Gasteiger partial charge in [0.25, 0.3) is 5.91 Å². The Morgan fingerprint density at radius 3 is 2.72 bits per heavy atom. The van der Waals surface area contributed by atoms with Crippen molar-refractivity contribution in [3.63, 3.8) is 0 Å². The van der Waals surface area contributed by atoms with Crippen LogP contribution in [0.15, 0.2) is 24.3 Å². The molecule has 0 unspecified atom stereocenters. The zero-order chi connectivity index (χ0) is 18.0. The van der Waals surface area contributed by atoms with Crippen molar-refractivity contribution in [2.24, 2.45) is 0 Å². The smallest absolute Gasteiger partial charge is 0.326 e. The van der Waals surface area contributed by atoms with Crippen LogP contribution in [0.5, 0.6) is 0 Å². The predicted molar refractivity (Wildman–Crippen MR) is 94.3 cm³/mol. The number of anilines is 1. The summed E-state index contributed by atoms with van der Waals surface area (Å²) in [4.78, 5) is 40.5. The number of aryl methyl sites for hydroxylation is 1. The summed E-state index contributed by atoms with van der Waals surface area (Å²) < 4.78 is 0.